The first kappa shape index (κ1) is 29.0. The lowest BCUT2D eigenvalue weighted by Gasteiger charge is -2.15. The molecule has 214 valence electrons. The summed E-state index contributed by atoms with van der Waals surface area (Å²) >= 11 is 0.916. The number of hydrogen-bond donors (Lipinski definition) is 1. The molecule has 1 heterocycles. The Balaban J connectivity index is 1.28. The van der Waals surface area contributed by atoms with Crippen LogP contribution >= 0.6 is 11.8 Å². The second kappa shape index (κ2) is 13.0. The molecule has 0 aliphatic carbocycles. The van der Waals surface area contributed by atoms with Gasteiger partial charge in [0.15, 0.2) is 18.1 Å². The molecule has 4 aromatic rings. The lowest BCUT2D eigenvalue weighted by molar-refractivity contribution is -0.123. The lowest BCUT2D eigenvalue weighted by Crippen LogP contribution is -2.27. The van der Waals surface area contributed by atoms with Gasteiger partial charge in [0.05, 0.1) is 18.1 Å². The van der Waals surface area contributed by atoms with E-state index in [1.54, 1.807) is 24.3 Å². The normalized spacial score (nSPS) is 14.2. The number of thioether (sulfide) groups is 1. The summed E-state index contributed by atoms with van der Waals surface area (Å²) in [4.78, 5) is 40.4. The van der Waals surface area contributed by atoms with Crippen molar-refractivity contribution in [2.75, 3.05) is 18.5 Å². The van der Waals surface area contributed by atoms with E-state index < -0.39 is 0 Å². The van der Waals surface area contributed by atoms with Gasteiger partial charge >= 0.3 is 0 Å². The van der Waals surface area contributed by atoms with Gasteiger partial charge in [0.2, 0.25) is 0 Å². The molecule has 1 aliphatic heterocycles. The molecular formula is C34H32N2O5S. The van der Waals surface area contributed by atoms with Gasteiger partial charge in [0.1, 0.15) is 0 Å². The molecule has 0 radical (unpaired) electrons. The summed E-state index contributed by atoms with van der Waals surface area (Å²) in [6, 6.07) is 26.7. The number of amides is 3. The zero-order valence-electron chi connectivity index (χ0n) is 23.8. The Bertz CT molecular complexity index is 1670. The Morgan fingerprint density at radius 2 is 1.69 bits per heavy atom. The second-order valence-corrected chi connectivity index (χ2v) is 11.1. The fourth-order valence-electron chi connectivity index (χ4n) is 4.83. The van der Waals surface area contributed by atoms with Gasteiger partial charge in [-0.05, 0) is 76.3 Å². The van der Waals surface area contributed by atoms with Crippen LogP contribution in [0.2, 0.25) is 0 Å². The van der Waals surface area contributed by atoms with Crippen molar-refractivity contribution < 1.29 is 23.9 Å². The minimum Gasteiger partial charge on any atom is -0.490 e. The number of anilines is 1. The number of fused-ring (bicyclic) bond motifs is 1. The molecule has 5 rings (SSSR count). The van der Waals surface area contributed by atoms with Crippen LogP contribution in [0.3, 0.4) is 0 Å². The highest BCUT2D eigenvalue weighted by Crippen LogP contribution is 2.36. The van der Waals surface area contributed by atoms with Crippen molar-refractivity contribution in [1.29, 1.82) is 0 Å². The maximum atomic E-state index is 13.2. The van der Waals surface area contributed by atoms with Gasteiger partial charge in [-0.2, -0.15) is 0 Å². The second-order valence-electron chi connectivity index (χ2n) is 10.1. The highest BCUT2D eigenvalue weighted by atomic mass is 32.2. The van der Waals surface area contributed by atoms with Crippen molar-refractivity contribution in [3.05, 3.63) is 107 Å². The van der Waals surface area contributed by atoms with Gasteiger partial charge in [-0.15, -0.1) is 0 Å². The third-order valence-electron chi connectivity index (χ3n) is 6.86. The quantitative estimate of drug-likeness (QED) is 0.194. The molecule has 0 bridgehead atoms. The zero-order chi connectivity index (χ0) is 29.6. The van der Waals surface area contributed by atoms with Gasteiger partial charge in [-0.1, -0.05) is 80.6 Å². The molecule has 1 saturated heterocycles. The Morgan fingerprint density at radius 1 is 0.929 bits per heavy atom. The van der Waals surface area contributed by atoms with Crippen LogP contribution in [0.15, 0.2) is 89.8 Å². The highest BCUT2D eigenvalue weighted by Gasteiger charge is 2.35. The van der Waals surface area contributed by atoms with Crippen LogP contribution in [0.1, 0.15) is 43.4 Å². The fourth-order valence-corrected chi connectivity index (χ4v) is 5.67. The van der Waals surface area contributed by atoms with Crippen molar-refractivity contribution in [3.8, 4) is 11.5 Å². The number of carbonyl (C=O) groups excluding carboxylic acids is 3. The summed E-state index contributed by atoms with van der Waals surface area (Å²) < 4.78 is 11.6. The number of nitrogens with zero attached hydrogens (tertiary/aromatic N) is 1. The SMILES string of the molecule is CCOc1cc(/C=C2/SC(=O)N(Cc3cccc4ccccc34)C2=O)ccc1OCC(=O)Nc1ccccc1C(C)C. The number of hydrogen-bond acceptors (Lipinski definition) is 6. The minimum absolute atomic E-state index is 0.196. The number of imide groups is 1. The number of rotatable bonds is 10. The van der Waals surface area contributed by atoms with Gasteiger partial charge < -0.3 is 14.8 Å². The van der Waals surface area contributed by atoms with E-state index in [2.05, 4.69) is 19.2 Å². The number of para-hydroxylation sites is 1. The highest BCUT2D eigenvalue weighted by molar-refractivity contribution is 8.18. The van der Waals surface area contributed by atoms with Crippen molar-refractivity contribution in [3.63, 3.8) is 0 Å². The number of carbonyl (C=O) groups is 3. The average molecular weight is 581 g/mol. The van der Waals surface area contributed by atoms with E-state index in [0.29, 0.717) is 28.6 Å². The topological polar surface area (TPSA) is 84.9 Å². The molecule has 0 spiro atoms. The van der Waals surface area contributed by atoms with Crippen molar-refractivity contribution in [2.45, 2.75) is 33.2 Å². The molecule has 7 nitrogen and oxygen atoms in total. The maximum Gasteiger partial charge on any atom is 0.293 e. The molecule has 4 aromatic carbocycles. The molecule has 42 heavy (non-hydrogen) atoms. The van der Waals surface area contributed by atoms with Gasteiger partial charge in [-0.3, -0.25) is 19.3 Å². The summed E-state index contributed by atoms with van der Waals surface area (Å²) in [5.74, 6) is 0.491. The Labute approximate surface area is 249 Å². The molecule has 8 heteroatoms. The number of ether oxygens (including phenoxy) is 2. The van der Waals surface area contributed by atoms with Crippen LogP contribution in [0.25, 0.3) is 16.8 Å². The first-order chi connectivity index (χ1) is 20.3. The van der Waals surface area contributed by atoms with E-state index in [0.717, 1.165) is 39.3 Å². The van der Waals surface area contributed by atoms with E-state index in [1.165, 1.54) is 4.90 Å². The van der Waals surface area contributed by atoms with E-state index in [1.807, 2.05) is 73.7 Å². The summed E-state index contributed by atoms with van der Waals surface area (Å²) in [6.07, 6.45) is 1.68. The fraction of sp³-hybridized carbons (Fsp3) is 0.206. The van der Waals surface area contributed by atoms with Gasteiger partial charge in [0, 0.05) is 5.69 Å². The van der Waals surface area contributed by atoms with Crippen molar-refractivity contribution >= 4 is 51.4 Å². The molecule has 0 atom stereocenters. The molecular weight excluding hydrogens is 548 g/mol. The summed E-state index contributed by atoms with van der Waals surface area (Å²) in [7, 11) is 0. The summed E-state index contributed by atoms with van der Waals surface area (Å²) in [5.41, 5.74) is 3.40. The van der Waals surface area contributed by atoms with Crippen LogP contribution < -0.4 is 14.8 Å². The van der Waals surface area contributed by atoms with Crippen molar-refractivity contribution in [2.24, 2.45) is 0 Å². The summed E-state index contributed by atoms with van der Waals surface area (Å²) in [6.45, 7) is 6.38. The number of benzene rings is 4. The molecule has 1 aliphatic rings. The molecule has 0 unspecified atom stereocenters. The molecule has 1 N–H and O–H groups in total. The Morgan fingerprint density at radius 3 is 2.50 bits per heavy atom. The van der Waals surface area contributed by atoms with Crippen LogP contribution in [0.4, 0.5) is 10.5 Å². The van der Waals surface area contributed by atoms with Gasteiger partial charge in [0.25, 0.3) is 17.1 Å². The monoisotopic (exact) mass is 580 g/mol. The van der Waals surface area contributed by atoms with Crippen LogP contribution in [0, 0.1) is 0 Å². The average Bonchev–Trinajstić information content (AvgIpc) is 3.24. The summed E-state index contributed by atoms with van der Waals surface area (Å²) in [5, 5.41) is 4.68. The molecule has 0 saturated carbocycles. The van der Waals surface area contributed by atoms with Crippen LogP contribution in [0.5, 0.6) is 11.5 Å². The van der Waals surface area contributed by atoms with Crippen LogP contribution in [-0.2, 0) is 16.1 Å². The lowest BCUT2D eigenvalue weighted by atomic mass is 10.0. The van der Waals surface area contributed by atoms with E-state index in [9.17, 15) is 14.4 Å². The minimum atomic E-state index is -0.338. The van der Waals surface area contributed by atoms with Gasteiger partial charge in [-0.25, -0.2) is 0 Å². The largest absolute Gasteiger partial charge is 0.490 e. The standard InChI is InChI=1S/C34H32N2O5S/c1-4-40-30-18-23(16-17-29(30)41-21-32(37)35-28-15-8-7-13-26(28)22(2)3)19-31-33(38)36(34(39)42-31)20-25-12-9-11-24-10-5-6-14-27(24)25/h5-19,22H,4,20-21H2,1-3H3,(H,35,37)/b31-19+. The molecule has 0 aromatic heterocycles. The molecule has 3 amide bonds. The predicted octanol–water partition coefficient (Wildman–Crippen LogP) is 7.62. The van der Waals surface area contributed by atoms with Crippen molar-refractivity contribution in [1.82, 2.24) is 4.90 Å². The third kappa shape index (κ3) is 6.50. The first-order valence-electron chi connectivity index (χ1n) is 13.8. The molecule has 1 fully saturated rings. The Kier molecular flexibility index (Phi) is 8.93. The Hall–Kier alpha value is -4.56. The predicted molar refractivity (Wildman–Crippen MR) is 168 cm³/mol. The maximum absolute atomic E-state index is 13.2. The van der Waals surface area contributed by atoms with E-state index in [-0.39, 0.29) is 36.1 Å². The first-order valence-corrected chi connectivity index (χ1v) is 14.7. The third-order valence-corrected chi connectivity index (χ3v) is 7.77. The number of nitrogens with one attached hydrogen (secondary N) is 1. The van der Waals surface area contributed by atoms with Crippen LogP contribution in [-0.4, -0.2) is 35.2 Å². The van der Waals surface area contributed by atoms with E-state index >= 15 is 0 Å². The van der Waals surface area contributed by atoms with E-state index in [4.69, 9.17) is 9.47 Å². The smallest absolute Gasteiger partial charge is 0.293 e. The zero-order valence-corrected chi connectivity index (χ0v) is 24.6.